The van der Waals surface area contributed by atoms with Crippen molar-refractivity contribution in [1.82, 2.24) is 9.13 Å². The number of alkyl halides is 5. The highest BCUT2D eigenvalue weighted by molar-refractivity contribution is 7.83. The van der Waals surface area contributed by atoms with E-state index in [1.54, 1.807) is 0 Å². The summed E-state index contributed by atoms with van der Waals surface area (Å²) >= 11 is 13.1. The molecule has 116 valence electrons. The Kier molecular flexibility index (Phi) is 5.59. The quantitative estimate of drug-likeness (QED) is 0.448. The molecule has 0 fully saturated rings. The maximum Gasteiger partial charge on any atom is 0.390 e. The van der Waals surface area contributed by atoms with Gasteiger partial charge in [0.25, 0.3) is 0 Å². The second-order valence-corrected chi connectivity index (χ2v) is 5.63. The minimum absolute atomic E-state index is 0.00787. The largest absolute Gasteiger partial charge is 0.390 e. The van der Waals surface area contributed by atoms with E-state index in [1.807, 2.05) is 0 Å². The maximum absolute atomic E-state index is 12.8. The molecule has 0 aliphatic carbocycles. The normalized spacial score (nSPS) is 13.0. The minimum Gasteiger partial charge on any atom is -0.311 e. The van der Waals surface area contributed by atoms with Gasteiger partial charge in [-0.15, -0.1) is 25.3 Å². The molecule has 0 aromatic carbocycles. The fourth-order valence-electron chi connectivity index (χ4n) is 1.52. The Labute approximate surface area is 128 Å². The van der Waals surface area contributed by atoms with Gasteiger partial charge < -0.3 is 9.13 Å². The third-order valence-corrected chi connectivity index (χ3v) is 4.09. The fraction of sp³-hybridized carbons (Fsp3) is 0.700. The summed E-state index contributed by atoms with van der Waals surface area (Å²) in [6.45, 7) is 0.217. The van der Waals surface area contributed by atoms with Crippen LogP contribution in [0.5, 0.6) is 0 Å². The molecule has 0 unspecified atom stereocenters. The van der Waals surface area contributed by atoms with Gasteiger partial charge >= 0.3 is 6.18 Å². The van der Waals surface area contributed by atoms with Gasteiger partial charge in [-0.05, 0) is 19.1 Å². The van der Waals surface area contributed by atoms with E-state index in [1.165, 1.54) is 4.57 Å². The van der Waals surface area contributed by atoms with Crippen LogP contribution in [0.2, 0.25) is 0 Å². The summed E-state index contributed by atoms with van der Waals surface area (Å²) in [5, 5.41) is 0.326. The number of aromatic nitrogens is 2. The lowest BCUT2D eigenvalue weighted by Crippen LogP contribution is -2.15. The summed E-state index contributed by atoms with van der Waals surface area (Å²) in [4.78, 5) is 0. The molecule has 0 atom stereocenters. The van der Waals surface area contributed by atoms with E-state index < -0.39 is 31.5 Å². The van der Waals surface area contributed by atoms with Gasteiger partial charge in [0.05, 0.1) is 6.42 Å². The minimum atomic E-state index is -4.33. The number of hydrogen-bond donors (Lipinski definition) is 2. The monoisotopic (exact) mass is 352 g/mol. The van der Waals surface area contributed by atoms with Crippen LogP contribution in [-0.4, -0.2) is 21.2 Å². The van der Waals surface area contributed by atoms with E-state index >= 15 is 0 Å². The molecule has 0 amide bonds. The molecule has 0 bridgehead atoms. The Morgan fingerprint density at radius 1 is 0.950 bits per heavy atom. The third kappa shape index (κ3) is 4.96. The molecule has 1 heterocycles. The van der Waals surface area contributed by atoms with Crippen LogP contribution >= 0.6 is 37.5 Å². The highest BCUT2D eigenvalue weighted by Crippen LogP contribution is 2.27. The molecule has 0 radical (unpaired) electrons. The van der Waals surface area contributed by atoms with Crippen LogP contribution < -0.4 is 0 Å². The van der Waals surface area contributed by atoms with Crippen LogP contribution in [0.4, 0.5) is 22.0 Å². The number of thiol groups is 2. The first-order valence-corrected chi connectivity index (χ1v) is 6.88. The van der Waals surface area contributed by atoms with Gasteiger partial charge in [0.15, 0.2) is 4.77 Å². The first-order valence-electron chi connectivity index (χ1n) is 5.58. The number of hydrogen-bond acceptors (Lipinski definition) is 3. The predicted octanol–water partition coefficient (Wildman–Crippen LogP) is 4.59. The Morgan fingerprint density at radius 2 is 1.35 bits per heavy atom. The van der Waals surface area contributed by atoms with Crippen molar-refractivity contribution in [3.63, 3.8) is 0 Å². The van der Waals surface area contributed by atoms with Crippen molar-refractivity contribution in [1.29, 1.82) is 0 Å². The highest BCUT2D eigenvalue weighted by atomic mass is 32.1. The first kappa shape index (κ1) is 17.8. The van der Waals surface area contributed by atoms with Crippen molar-refractivity contribution < 1.29 is 22.0 Å². The molecule has 10 heteroatoms. The Morgan fingerprint density at radius 3 is 1.70 bits per heavy atom. The second-order valence-electron chi connectivity index (χ2n) is 4.42. The Bertz CT molecular complexity index is 482. The van der Waals surface area contributed by atoms with Crippen molar-refractivity contribution in [3.05, 3.63) is 4.77 Å². The average Bonchev–Trinajstić information content (AvgIpc) is 2.44. The molecular weight excluding hydrogens is 339 g/mol. The lowest BCUT2D eigenvalue weighted by atomic mass is 10.3. The molecule has 0 saturated carbocycles. The first-order chi connectivity index (χ1) is 8.92. The Hall–Kier alpha value is -0.220. The number of nitrogens with zero attached hydrogens (tertiary/aromatic N) is 2. The summed E-state index contributed by atoms with van der Waals surface area (Å²) in [5.41, 5.74) is 0. The number of imidazole rings is 1. The zero-order valence-electron chi connectivity index (χ0n) is 10.4. The van der Waals surface area contributed by atoms with E-state index in [9.17, 15) is 22.0 Å². The van der Waals surface area contributed by atoms with E-state index in [0.29, 0.717) is 0 Å². The molecular formula is C10H13F5N2S3. The summed E-state index contributed by atoms with van der Waals surface area (Å²) in [5.74, 6) is -2.89. The van der Waals surface area contributed by atoms with Crippen LogP contribution in [0, 0.1) is 4.77 Å². The second kappa shape index (κ2) is 6.27. The summed E-state index contributed by atoms with van der Waals surface area (Å²) in [7, 11) is 0. The molecule has 20 heavy (non-hydrogen) atoms. The average molecular weight is 352 g/mol. The zero-order valence-corrected chi connectivity index (χ0v) is 13.0. The lowest BCUT2D eigenvalue weighted by Gasteiger charge is -2.11. The van der Waals surface area contributed by atoms with E-state index in [2.05, 4.69) is 25.3 Å². The van der Waals surface area contributed by atoms with Crippen LogP contribution in [0.3, 0.4) is 0 Å². The SMILES string of the molecule is CC(F)(F)CCn1c(S)c(S)n(CCC(F)(F)F)c1=S. The van der Waals surface area contributed by atoms with Crippen molar-refractivity contribution in [3.8, 4) is 0 Å². The molecule has 1 aromatic heterocycles. The van der Waals surface area contributed by atoms with E-state index in [-0.39, 0.29) is 21.4 Å². The zero-order chi connectivity index (χ0) is 15.7. The van der Waals surface area contributed by atoms with Gasteiger partial charge in [-0.25, -0.2) is 8.78 Å². The van der Waals surface area contributed by atoms with Gasteiger partial charge in [0.1, 0.15) is 10.1 Å². The van der Waals surface area contributed by atoms with Gasteiger partial charge in [0, 0.05) is 19.5 Å². The molecule has 2 nitrogen and oxygen atoms in total. The van der Waals surface area contributed by atoms with E-state index in [0.717, 1.165) is 11.5 Å². The van der Waals surface area contributed by atoms with Crippen LogP contribution in [0.1, 0.15) is 19.8 Å². The summed E-state index contributed by atoms with van der Waals surface area (Å²) < 4.78 is 64.7. The number of halogens is 5. The summed E-state index contributed by atoms with van der Waals surface area (Å²) in [6, 6.07) is 0. The van der Waals surface area contributed by atoms with Crippen LogP contribution in [0.15, 0.2) is 10.1 Å². The molecule has 1 aromatic rings. The molecule has 0 N–H and O–H groups in total. The van der Waals surface area contributed by atoms with Crippen molar-refractivity contribution >= 4 is 37.5 Å². The maximum atomic E-state index is 12.8. The third-order valence-electron chi connectivity index (χ3n) is 2.57. The van der Waals surface area contributed by atoms with Crippen LogP contribution in [0.25, 0.3) is 0 Å². The van der Waals surface area contributed by atoms with Crippen molar-refractivity contribution in [2.75, 3.05) is 0 Å². The van der Waals surface area contributed by atoms with Crippen molar-refractivity contribution in [2.45, 2.75) is 55.0 Å². The van der Waals surface area contributed by atoms with Gasteiger partial charge in [-0.2, -0.15) is 13.2 Å². The van der Waals surface area contributed by atoms with Crippen molar-refractivity contribution in [2.24, 2.45) is 0 Å². The van der Waals surface area contributed by atoms with Gasteiger partial charge in [-0.3, -0.25) is 0 Å². The lowest BCUT2D eigenvalue weighted by molar-refractivity contribution is -0.137. The molecule has 0 spiro atoms. The molecule has 1 rings (SSSR count). The predicted molar refractivity (Wildman–Crippen MR) is 73.7 cm³/mol. The van der Waals surface area contributed by atoms with Crippen LogP contribution in [-0.2, 0) is 13.1 Å². The number of rotatable bonds is 5. The molecule has 0 aliphatic heterocycles. The highest BCUT2D eigenvalue weighted by Gasteiger charge is 2.28. The molecule has 0 aliphatic rings. The Balaban J connectivity index is 2.97. The standard InChI is InChI=1S/C10H13F5N2S3/c1-9(11,12)2-4-16-6(18)7(19)17(8(16)20)5-3-10(13,14)15/h18-19H,2-5H2,1H3. The topological polar surface area (TPSA) is 9.86 Å². The van der Waals surface area contributed by atoms with E-state index in [4.69, 9.17) is 12.2 Å². The summed E-state index contributed by atoms with van der Waals surface area (Å²) in [6.07, 6.45) is -5.88. The fourth-order valence-corrected chi connectivity index (χ4v) is 2.65. The van der Waals surface area contributed by atoms with Gasteiger partial charge in [-0.1, -0.05) is 0 Å². The molecule has 0 saturated heterocycles. The smallest absolute Gasteiger partial charge is 0.311 e. The van der Waals surface area contributed by atoms with Gasteiger partial charge in [0.2, 0.25) is 5.92 Å².